The maximum absolute atomic E-state index is 3.38. The van der Waals surface area contributed by atoms with Crippen molar-refractivity contribution in [2.24, 2.45) is 0 Å². The highest BCUT2D eigenvalue weighted by Crippen LogP contribution is 2.36. The van der Waals surface area contributed by atoms with Crippen LogP contribution in [0.2, 0.25) is 0 Å². The van der Waals surface area contributed by atoms with Gasteiger partial charge in [0, 0.05) is 5.88 Å². The molecule has 0 aliphatic heterocycles. The van der Waals surface area contributed by atoms with Gasteiger partial charge < -0.3 is 5.32 Å². The first-order chi connectivity index (χ1) is 4.12. The second kappa shape index (κ2) is 4.18. The second-order valence-corrected chi connectivity index (χ2v) is 7.20. The Kier molecular flexibility index (Phi) is 4.32. The molecule has 1 nitrogen and oxygen atoms in total. The summed E-state index contributed by atoms with van der Waals surface area (Å²) in [6.07, 6.45) is 4.74. The van der Waals surface area contributed by atoms with E-state index in [0.29, 0.717) is 0 Å². The van der Waals surface area contributed by atoms with Crippen molar-refractivity contribution in [2.45, 2.75) is 13.8 Å². The van der Waals surface area contributed by atoms with Gasteiger partial charge in [-0.05, 0) is 24.8 Å². The van der Waals surface area contributed by atoms with Crippen molar-refractivity contribution in [3.05, 3.63) is 0 Å². The van der Waals surface area contributed by atoms with Gasteiger partial charge in [0.2, 0.25) is 0 Å². The molecule has 0 aromatic rings. The van der Waals surface area contributed by atoms with Gasteiger partial charge in [-0.25, -0.2) is 10.0 Å². The highest BCUT2D eigenvalue weighted by Gasteiger charge is 2.05. The Morgan fingerprint density at radius 1 is 1.22 bits per heavy atom. The van der Waals surface area contributed by atoms with Gasteiger partial charge in [0.25, 0.3) is 0 Å². The summed E-state index contributed by atoms with van der Waals surface area (Å²) in [4.78, 5) is 0. The van der Waals surface area contributed by atoms with E-state index in [9.17, 15) is 0 Å². The zero-order valence-corrected chi connectivity index (χ0v) is 7.85. The molecule has 0 amide bonds. The van der Waals surface area contributed by atoms with Crippen LogP contribution in [0.25, 0.3) is 0 Å². The molecule has 58 valence electrons. The van der Waals surface area contributed by atoms with Crippen LogP contribution in [0.5, 0.6) is 0 Å². The van der Waals surface area contributed by atoms with Gasteiger partial charge in [-0.15, -0.1) is 0 Å². The molecule has 0 saturated heterocycles. The third-order valence-electron chi connectivity index (χ3n) is 1.52. The van der Waals surface area contributed by atoms with E-state index < -0.39 is 0 Å². The largest absolute Gasteiger partial charge is 0.309 e. The lowest BCUT2D eigenvalue weighted by molar-refractivity contribution is 0.834. The van der Waals surface area contributed by atoms with Crippen molar-refractivity contribution in [2.75, 3.05) is 30.7 Å². The Morgan fingerprint density at radius 3 is 2.11 bits per heavy atom. The van der Waals surface area contributed by atoms with Crippen LogP contribution in [0.1, 0.15) is 13.8 Å². The molecule has 0 heterocycles. The normalized spacial score (nSPS) is 13.8. The molecule has 0 aliphatic rings. The standard InChI is InChI=1S/C7H19NS/c1-5-8-7-9(3,4)6-2/h8H,5-7H2,1-4H3. The molecule has 9 heavy (non-hydrogen) atoms. The summed E-state index contributed by atoms with van der Waals surface area (Å²) >= 11 is 0. The SMILES string of the molecule is CCNCS(C)(C)CC. The molecule has 0 radical (unpaired) electrons. The molecular formula is C7H19NS. The van der Waals surface area contributed by atoms with E-state index >= 15 is 0 Å². The Bertz CT molecular complexity index is 71.3. The monoisotopic (exact) mass is 149 g/mol. The zero-order chi connectivity index (χ0) is 7.33. The number of rotatable bonds is 4. The number of nitrogens with one attached hydrogen (secondary N) is 1. The molecule has 0 aliphatic carbocycles. The highest BCUT2D eigenvalue weighted by molar-refractivity contribution is 8.32. The van der Waals surface area contributed by atoms with Gasteiger partial charge in [0.15, 0.2) is 0 Å². The predicted molar refractivity (Wildman–Crippen MR) is 48.5 cm³/mol. The predicted octanol–water partition coefficient (Wildman–Crippen LogP) is 1.64. The zero-order valence-electron chi connectivity index (χ0n) is 7.03. The Morgan fingerprint density at radius 2 is 1.78 bits per heavy atom. The Labute approximate surface area is 60.5 Å². The Hall–Kier alpha value is 0.310. The van der Waals surface area contributed by atoms with E-state index in [1.807, 2.05) is 0 Å². The molecule has 1 N–H and O–H groups in total. The lowest BCUT2D eigenvalue weighted by atomic mass is 10.8. The minimum Gasteiger partial charge on any atom is -0.309 e. The van der Waals surface area contributed by atoms with E-state index in [1.54, 1.807) is 0 Å². The van der Waals surface area contributed by atoms with Crippen molar-refractivity contribution in [3.8, 4) is 0 Å². The summed E-state index contributed by atoms with van der Waals surface area (Å²) < 4.78 is 0. The van der Waals surface area contributed by atoms with Crippen LogP contribution >= 0.6 is 10.0 Å². The van der Waals surface area contributed by atoms with Gasteiger partial charge in [0.1, 0.15) is 0 Å². The smallest absolute Gasteiger partial charge is 0.0257 e. The fourth-order valence-corrected chi connectivity index (χ4v) is 1.44. The third kappa shape index (κ3) is 4.79. The molecule has 0 spiro atoms. The first-order valence-corrected chi connectivity index (χ1v) is 6.30. The Balaban J connectivity index is 3.33. The lowest BCUT2D eigenvalue weighted by Gasteiger charge is -2.29. The fraction of sp³-hybridized carbons (Fsp3) is 1.00. The van der Waals surface area contributed by atoms with Gasteiger partial charge >= 0.3 is 0 Å². The third-order valence-corrected chi connectivity index (χ3v) is 4.07. The van der Waals surface area contributed by atoms with Crippen molar-refractivity contribution < 1.29 is 0 Å². The first kappa shape index (κ1) is 9.31. The summed E-state index contributed by atoms with van der Waals surface area (Å²) in [5.74, 6) is 2.56. The van der Waals surface area contributed by atoms with Crippen LogP contribution in [0.15, 0.2) is 0 Å². The summed E-state index contributed by atoms with van der Waals surface area (Å²) in [7, 11) is -0.293. The molecule has 0 aromatic carbocycles. The molecule has 0 atom stereocenters. The molecule has 0 rings (SSSR count). The fourth-order valence-electron chi connectivity index (χ4n) is 0.480. The topological polar surface area (TPSA) is 12.0 Å². The van der Waals surface area contributed by atoms with E-state index in [0.717, 1.165) is 6.54 Å². The van der Waals surface area contributed by atoms with Gasteiger partial charge in [-0.2, -0.15) is 0 Å². The van der Waals surface area contributed by atoms with Gasteiger partial charge in [-0.1, -0.05) is 13.8 Å². The summed E-state index contributed by atoms with van der Waals surface area (Å²) in [5.41, 5.74) is 0. The highest BCUT2D eigenvalue weighted by atomic mass is 32.3. The first-order valence-electron chi connectivity index (χ1n) is 3.52. The van der Waals surface area contributed by atoms with Crippen LogP contribution in [-0.4, -0.2) is 30.7 Å². The lowest BCUT2D eigenvalue weighted by Crippen LogP contribution is -2.20. The minimum atomic E-state index is -0.293. The van der Waals surface area contributed by atoms with Crippen molar-refractivity contribution in [1.29, 1.82) is 0 Å². The van der Waals surface area contributed by atoms with E-state index in [1.165, 1.54) is 11.6 Å². The van der Waals surface area contributed by atoms with E-state index in [2.05, 4.69) is 31.7 Å². The number of hydrogen-bond donors (Lipinski definition) is 1. The van der Waals surface area contributed by atoms with Crippen molar-refractivity contribution in [3.63, 3.8) is 0 Å². The molecule has 0 aromatic heterocycles. The maximum atomic E-state index is 3.38. The van der Waals surface area contributed by atoms with Gasteiger partial charge in [-0.3, -0.25) is 0 Å². The average Bonchev–Trinajstić information content (AvgIpc) is 1.84. The molecule has 0 fully saturated rings. The average molecular weight is 149 g/mol. The molecule has 0 bridgehead atoms. The van der Waals surface area contributed by atoms with Crippen LogP contribution in [0, 0.1) is 0 Å². The van der Waals surface area contributed by atoms with E-state index in [-0.39, 0.29) is 10.0 Å². The van der Waals surface area contributed by atoms with Crippen molar-refractivity contribution >= 4 is 10.0 Å². The number of hydrogen-bond acceptors (Lipinski definition) is 1. The summed E-state index contributed by atoms with van der Waals surface area (Å²) in [6, 6.07) is 0. The van der Waals surface area contributed by atoms with Crippen molar-refractivity contribution in [1.82, 2.24) is 5.32 Å². The van der Waals surface area contributed by atoms with Crippen LogP contribution < -0.4 is 5.32 Å². The van der Waals surface area contributed by atoms with E-state index in [4.69, 9.17) is 0 Å². The van der Waals surface area contributed by atoms with Gasteiger partial charge in [0.05, 0.1) is 0 Å². The molecule has 2 heteroatoms. The maximum Gasteiger partial charge on any atom is 0.0257 e. The molecule has 0 saturated carbocycles. The summed E-state index contributed by atoms with van der Waals surface area (Å²) in [6.45, 7) is 5.54. The second-order valence-electron chi connectivity index (χ2n) is 2.80. The molecule has 0 unspecified atom stereocenters. The van der Waals surface area contributed by atoms with Crippen LogP contribution in [-0.2, 0) is 0 Å². The summed E-state index contributed by atoms with van der Waals surface area (Å²) in [5, 5.41) is 3.38. The quantitative estimate of drug-likeness (QED) is 0.641. The van der Waals surface area contributed by atoms with Crippen LogP contribution in [0.3, 0.4) is 0 Å². The van der Waals surface area contributed by atoms with Crippen LogP contribution in [0.4, 0.5) is 0 Å². The minimum absolute atomic E-state index is 0.293. The molecular weight excluding hydrogens is 130 g/mol.